The fourth-order valence-electron chi connectivity index (χ4n) is 2.97. The predicted molar refractivity (Wildman–Crippen MR) is 89.1 cm³/mol. The summed E-state index contributed by atoms with van der Waals surface area (Å²) in [6.07, 6.45) is 4.66. The van der Waals surface area contributed by atoms with Gasteiger partial charge in [0.05, 0.1) is 12.1 Å². The highest BCUT2D eigenvalue weighted by Crippen LogP contribution is 2.19. The van der Waals surface area contributed by atoms with Crippen molar-refractivity contribution < 1.29 is 4.52 Å². The molecule has 1 fully saturated rings. The number of nitrogens with one attached hydrogen (secondary N) is 1. The van der Waals surface area contributed by atoms with Crippen molar-refractivity contribution >= 4 is 5.82 Å². The van der Waals surface area contributed by atoms with Gasteiger partial charge in [-0.1, -0.05) is 12.1 Å². The van der Waals surface area contributed by atoms with E-state index in [1.54, 1.807) is 18.3 Å². The number of aromatic nitrogens is 3. The van der Waals surface area contributed by atoms with Crippen LogP contribution in [-0.4, -0.2) is 39.7 Å². The lowest BCUT2D eigenvalue weighted by Gasteiger charge is -2.14. The zero-order valence-corrected chi connectivity index (χ0v) is 13.9. The largest absolute Gasteiger partial charge is 0.369 e. The molecule has 7 heteroatoms. The van der Waals surface area contributed by atoms with Gasteiger partial charge in [-0.05, 0) is 37.4 Å². The molecule has 0 radical (unpaired) electrons. The van der Waals surface area contributed by atoms with Crippen LogP contribution in [0.4, 0.5) is 5.82 Å². The lowest BCUT2D eigenvalue weighted by atomic mass is 10.1. The van der Waals surface area contributed by atoms with Gasteiger partial charge in [-0.2, -0.15) is 10.2 Å². The van der Waals surface area contributed by atoms with Gasteiger partial charge in [0, 0.05) is 25.7 Å². The fraction of sp³-hybridized carbons (Fsp3) is 0.529. The number of hydrogen-bond donors (Lipinski definition) is 1. The van der Waals surface area contributed by atoms with E-state index >= 15 is 0 Å². The van der Waals surface area contributed by atoms with Crippen molar-refractivity contribution in [1.29, 1.82) is 5.26 Å². The van der Waals surface area contributed by atoms with Crippen molar-refractivity contribution in [2.24, 2.45) is 5.92 Å². The highest BCUT2D eigenvalue weighted by Gasteiger charge is 2.24. The molecule has 1 N–H and O–H groups in total. The summed E-state index contributed by atoms with van der Waals surface area (Å²) in [6, 6.07) is 5.72. The molecule has 3 rings (SSSR count). The summed E-state index contributed by atoms with van der Waals surface area (Å²) >= 11 is 0. The zero-order chi connectivity index (χ0) is 16.8. The van der Waals surface area contributed by atoms with Crippen LogP contribution in [0.25, 0.3) is 0 Å². The third kappa shape index (κ3) is 4.09. The summed E-state index contributed by atoms with van der Waals surface area (Å²) in [6.45, 7) is 5.66. The zero-order valence-electron chi connectivity index (χ0n) is 13.9. The molecule has 2 aromatic rings. The third-order valence-corrected chi connectivity index (χ3v) is 4.20. The first-order chi connectivity index (χ1) is 11.8. The van der Waals surface area contributed by atoms with E-state index in [4.69, 9.17) is 9.78 Å². The Morgan fingerprint density at radius 3 is 3.25 bits per heavy atom. The molecule has 0 amide bonds. The van der Waals surface area contributed by atoms with E-state index in [0.29, 0.717) is 17.3 Å². The Morgan fingerprint density at radius 1 is 1.50 bits per heavy atom. The highest BCUT2D eigenvalue weighted by atomic mass is 16.5. The smallest absolute Gasteiger partial charge is 0.226 e. The van der Waals surface area contributed by atoms with Crippen LogP contribution in [0.3, 0.4) is 0 Å². The Kier molecular flexibility index (Phi) is 5.39. The lowest BCUT2D eigenvalue weighted by Crippen LogP contribution is -2.23. The van der Waals surface area contributed by atoms with Crippen LogP contribution in [-0.2, 0) is 13.0 Å². The first kappa shape index (κ1) is 16.4. The monoisotopic (exact) mass is 326 g/mol. The van der Waals surface area contributed by atoms with Gasteiger partial charge in [0.2, 0.25) is 5.89 Å². The Morgan fingerprint density at radius 2 is 2.42 bits per heavy atom. The number of hydrogen-bond acceptors (Lipinski definition) is 7. The second-order valence-electron chi connectivity index (χ2n) is 6.14. The molecule has 1 atom stereocenters. The molecule has 0 saturated carbocycles. The van der Waals surface area contributed by atoms with Crippen molar-refractivity contribution in [2.75, 3.05) is 25.0 Å². The topological polar surface area (TPSA) is 90.9 Å². The van der Waals surface area contributed by atoms with Gasteiger partial charge in [-0.3, -0.25) is 4.90 Å². The fourth-order valence-corrected chi connectivity index (χ4v) is 2.97. The van der Waals surface area contributed by atoms with E-state index in [1.165, 1.54) is 0 Å². The average molecular weight is 326 g/mol. The standard InChI is InChI=1S/C17H22N6O/c1-2-4-16-21-15(22-24-16)12-23-8-6-13(11-23)10-20-17-14(9-18)5-3-7-19-17/h3,5,7,13H,2,4,6,8,10-12H2,1H3,(H,19,20). The predicted octanol–water partition coefficient (Wildman–Crippen LogP) is 2.22. The van der Waals surface area contributed by atoms with Crippen LogP contribution < -0.4 is 5.32 Å². The van der Waals surface area contributed by atoms with Gasteiger partial charge in [0.25, 0.3) is 0 Å². The Labute approximate surface area is 141 Å². The maximum absolute atomic E-state index is 9.10. The van der Waals surface area contributed by atoms with E-state index in [9.17, 15) is 0 Å². The van der Waals surface area contributed by atoms with Crippen molar-refractivity contribution in [2.45, 2.75) is 32.7 Å². The van der Waals surface area contributed by atoms with Crippen molar-refractivity contribution in [3.05, 3.63) is 35.6 Å². The van der Waals surface area contributed by atoms with Crippen LogP contribution >= 0.6 is 0 Å². The third-order valence-electron chi connectivity index (χ3n) is 4.20. The second kappa shape index (κ2) is 7.88. The van der Waals surface area contributed by atoms with Crippen molar-refractivity contribution in [3.63, 3.8) is 0 Å². The molecule has 126 valence electrons. The summed E-state index contributed by atoms with van der Waals surface area (Å²) in [5, 5.41) is 16.4. The number of anilines is 1. The van der Waals surface area contributed by atoms with Crippen LogP contribution in [0.5, 0.6) is 0 Å². The SMILES string of the molecule is CCCc1nc(CN2CCC(CNc3ncccc3C#N)C2)no1. The van der Waals surface area contributed by atoms with Gasteiger partial charge in [0.15, 0.2) is 5.82 Å². The minimum absolute atomic E-state index is 0.528. The lowest BCUT2D eigenvalue weighted by molar-refractivity contribution is 0.300. The number of nitriles is 1. The molecule has 2 aromatic heterocycles. The van der Waals surface area contributed by atoms with E-state index < -0.39 is 0 Å². The number of nitrogens with zero attached hydrogens (tertiary/aromatic N) is 5. The summed E-state index contributed by atoms with van der Waals surface area (Å²) in [4.78, 5) is 11.0. The van der Waals surface area contributed by atoms with Gasteiger partial charge in [-0.25, -0.2) is 4.98 Å². The molecular weight excluding hydrogens is 304 g/mol. The van der Waals surface area contributed by atoms with E-state index in [2.05, 4.69) is 38.3 Å². The Bertz CT molecular complexity index is 707. The molecule has 0 aromatic carbocycles. The quantitative estimate of drug-likeness (QED) is 0.834. The summed E-state index contributed by atoms with van der Waals surface area (Å²) in [7, 11) is 0. The molecule has 0 aliphatic carbocycles. The van der Waals surface area contributed by atoms with Gasteiger partial charge < -0.3 is 9.84 Å². The van der Waals surface area contributed by atoms with Crippen molar-refractivity contribution in [3.8, 4) is 6.07 Å². The minimum Gasteiger partial charge on any atom is -0.369 e. The Balaban J connectivity index is 1.47. The molecule has 24 heavy (non-hydrogen) atoms. The normalized spacial score (nSPS) is 17.8. The van der Waals surface area contributed by atoms with Crippen LogP contribution in [0, 0.1) is 17.2 Å². The van der Waals surface area contributed by atoms with Crippen LogP contribution in [0.15, 0.2) is 22.9 Å². The van der Waals surface area contributed by atoms with Crippen LogP contribution in [0.2, 0.25) is 0 Å². The average Bonchev–Trinajstić information content (AvgIpc) is 3.23. The highest BCUT2D eigenvalue weighted by molar-refractivity contribution is 5.51. The maximum atomic E-state index is 9.10. The van der Waals surface area contributed by atoms with Crippen LogP contribution in [0.1, 0.15) is 37.0 Å². The molecule has 1 aliphatic heterocycles. The number of rotatable bonds is 7. The number of aryl methyl sites for hydroxylation is 1. The van der Waals surface area contributed by atoms with Gasteiger partial charge in [-0.15, -0.1) is 0 Å². The Hall–Kier alpha value is -2.46. The molecule has 7 nitrogen and oxygen atoms in total. The molecule has 3 heterocycles. The summed E-state index contributed by atoms with van der Waals surface area (Å²) in [5.74, 6) is 2.69. The van der Waals surface area contributed by atoms with Crippen molar-refractivity contribution in [1.82, 2.24) is 20.0 Å². The second-order valence-corrected chi connectivity index (χ2v) is 6.14. The molecule has 1 unspecified atom stereocenters. The minimum atomic E-state index is 0.528. The summed E-state index contributed by atoms with van der Waals surface area (Å²) in [5.41, 5.74) is 0.586. The van der Waals surface area contributed by atoms with Gasteiger partial charge >= 0.3 is 0 Å². The molecule has 1 saturated heterocycles. The molecular formula is C17H22N6O. The van der Waals surface area contributed by atoms with E-state index in [0.717, 1.165) is 57.2 Å². The molecule has 1 aliphatic rings. The number of likely N-dealkylation sites (tertiary alicyclic amines) is 1. The molecule has 0 bridgehead atoms. The molecule has 0 spiro atoms. The van der Waals surface area contributed by atoms with E-state index in [-0.39, 0.29) is 0 Å². The number of pyridine rings is 1. The summed E-state index contributed by atoms with van der Waals surface area (Å²) < 4.78 is 5.23. The maximum Gasteiger partial charge on any atom is 0.226 e. The van der Waals surface area contributed by atoms with E-state index in [1.807, 2.05) is 0 Å². The first-order valence-corrected chi connectivity index (χ1v) is 8.41. The first-order valence-electron chi connectivity index (χ1n) is 8.41. The van der Waals surface area contributed by atoms with Gasteiger partial charge in [0.1, 0.15) is 11.9 Å².